The van der Waals surface area contributed by atoms with Crippen LogP contribution in [-0.4, -0.2) is 47.8 Å². The Kier molecular flexibility index (Phi) is 4.80. The van der Waals surface area contributed by atoms with Crippen molar-refractivity contribution >= 4 is 23.2 Å². The summed E-state index contributed by atoms with van der Waals surface area (Å²) in [6, 6.07) is 4.37. The molecule has 0 aliphatic carbocycles. The van der Waals surface area contributed by atoms with Crippen molar-refractivity contribution in [2.75, 3.05) is 26.2 Å². The van der Waals surface area contributed by atoms with Gasteiger partial charge in [-0.25, -0.2) is 0 Å². The SMILES string of the molecule is Cc1cc(=O)cc(C(=O)N2CCCN(C(=O)c3ccsc3)CC2)o1. The molecule has 1 saturated heterocycles. The molecular formula is C17H18N2O4S. The van der Waals surface area contributed by atoms with Crippen LogP contribution in [-0.2, 0) is 0 Å². The van der Waals surface area contributed by atoms with E-state index in [9.17, 15) is 14.4 Å². The maximum atomic E-state index is 12.6. The van der Waals surface area contributed by atoms with E-state index in [1.165, 1.54) is 23.5 Å². The summed E-state index contributed by atoms with van der Waals surface area (Å²) in [6.45, 7) is 3.67. The predicted molar refractivity (Wildman–Crippen MR) is 90.5 cm³/mol. The highest BCUT2D eigenvalue weighted by molar-refractivity contribution is 7.08. The van der Waals surface area contributed by atoms with E-state index in [-0.39, 0.29) is 23.0 Å². The lowest BCUT2D eigenvalue weighted by Gasteiger charge is -2.21. The van der Waals surface area contributed by atoms with Crippen LogP contribution in [0.15, 0.2) is 38.2 Å². The van der Waals surface area contributed by atoms with Crippen LogP contribution in [0.1, 0.15) is 33.1 Å². The summed E-state index contributed by atoms with van der Waals surface area (Å²) >= 11 is 1.49. The van der Waals surface area contributed by atoms with Gasteiger partial charge in [-0.3, -0.25) is 14.4 Å². The van der Waals surface area contributed by atoms with E-state index in [2.05, 4.69) is 0 Å². The lowest BCUT2D eigenvalue weighted by molar-refractivity contribution is 0.0697. The van der Waals surface area contributed by atoms with E-state index in [4.69, 9.17) is 4.42 Å². The molecule has 0 aromatic carbocycles. The average molecular weight is 346 g/mol. The lowest BCUT2D eigenvalue weighted by atomic mass is 10.3. The van der Waals surface area contributed by atoms with Crippen molar-refractivity contribution in [3.05, 3.63) is 56.3 Å². The first-order valence-corrected chi connectivity index (χ1v) is 8.71. The molecular weight excluding hydrogens is 328 g/mol. The summed E-state index contributed by atoms with van der Waals surface area (Å²) in [6.07, 6.45) is 0.692. The Hall–Kier alpha value is -2.41. The Morgan fingerprint density at radius 3 is 2.42 bits per heavy atom. The minimum absolute atomic E-state index is 0.00682. The molecule has 0 spiro atoms. The minimum atomic E-state index is -0.305. The van der Waals surface area contributed by atoms with Crippen LogP contribution in [0.5, 0.6) is 0 Å². The third-order valence-electron chi connectivity index (χ3n) is 3.94. The van der Waals surface area contributed by atoms with E-state index in [1.54, 1.807) is 16.7 Å². The van der Waals surface area contributed by atoms with Crippen molar-refractivity contribution in [3.8, 4) is 0 Å². The zero-order valence-electron chi connectivity index (χ0n) is 13.4. The molecule has 0 atom stereocenters. The topological polar surface area (TPSA) is 70.8 Å². The summed E-state index contributed by atoms with van der Waals surface area (Å²) in [5, 5.41) is 3.71. The Balaban J connectivity index is 1.70. The molecule has 3 heterocycles. The zero-order valence-corrected chi connectivity index (χ0v) is 14.2. The molecule has 3 rings (SSSR count). The predicted octanol–water partition coefficient (Wildman–Crippen LogP) is 2.00. The fraction of sp³-hybridized carbons (Fsp3) is 0.353. The molecule has 1 aliphatic heterocycles. The molecule has 2 aromatic rings. The van der Waals surface area contributed by atoms with Crippen LogP contribution in [0.2, 0.25) is 0 Å². The molecule has 2 amide bonds. The van der Waals surface area contributed by atoms with Gasteiger partial charge >= 0.3 is 0 Å². The van der Waals surface area contributed by atoms with E-state index in [0.29, 0.717) is 43.9 Å². The van der Waals surface area contributed by atoms with Gasteiger partial charge in [0.1, 0.15) is 5.76 Å². The van der Waals surface area contributed by atoms with Gasteiger partial charge in [0.05, 0.1) is 5.56 Å². The van der Waals surface area contributed by atoms with Gasteiger partial charge in [-0.15, -0.1) is 0 Å². The van der Waals surface area contributed by atoms with Crippen molar-refractivity contribution in [1.29, 1.82) is 0 Å². The summed E-state index contributed by atoms with van der Waals surface area (Å²) in [5.41, 5.74) is 0.440. The molecule has 6 nitrogen and oxygen atoms in total. The van der Waals surface area contributed by atoms with Crippen LogP contribution in [0.25, 0.3) is 0 Å². The molecule has 1 aliphatic rings. The minimum Gasteiger partial charge on any atom is -0.456 e. The van der Waals surface area contributed by atoms with Gasteiger partial charge in [-0.2, -0.15) is 11.3 Å². The molecule has 0 N–H and O–H groups in total. The molecule has 0 radical (unpaired) electrons. The highest BCUT2D eigenvalue weighted by Crippen LogP contribution is 2.14. The van der Waals surface area contributed by atoms with Crippen LogP contribution in [0, 0.1) is 6.92 Å². The number of aryl methyl sites for hydroxylation is 1. The molecule has 0 unspecified atom stereocenters. The van der Waals surface area contributed by atoms with Gasteiger partial charge < -0.3 is 14.2 Å². The quantitative estimate of drug-likeness (QED) is 0.834. The van der Waals surface area contributed by atoms with Gasteiger partial charge in [0, 0.05) is 43.7 Å². The Bertz CT molecular complexity index is 797. The smallest absolute Gasteiger partial charge is 0.289 e. The first-order chi connectivity index (χ1) is 11.5. The van der Waals surface area contributed by atoms with Crippen molar-refractivity contribution < 1.29 is 14.0 Å². The molecule has 0 bridgehead atoms. The number of carbonyl (C=O) groups is 2. The van der Waals surface area contributed by atoms with Crippen LogP contribution in [0.4, 0.5) is 0 Å². The van der Waals surface area contributed by atoms with Gasteiger partial charge in [0.15, 0.2) is 11.2 Å². The first-order valence-electron chi connectivity index (χ1n) is 7.77. The summed E-state index contributed by atoms with van der Waals surface area (Å²) in [4.78, 5) is 39.9. The molecule has 2 aromatic heterocycles. The van der Waals surface area contributed by atoms with E-state index >= 15 is 0 Å². The standard InChI is InChI=1S/C17H18N2O4S/c1-12-9-14(20)10-15(23-12)17(22)19-5-2-4-18(6-7-19)16(21)13-3-8-24-11-13/h3,8-11H,2,4-7H2,1H3. The summed E-state index contributed by atoms with van der Waals surface area (Å²) < 4.78 is 5.38. The molecule has 0 saturated carbocycles. The van der Waals surface area contributed by atoms with Gasteiger partial charge in [0.2, 0.25) is 0 Å². The van der Waals surface area contributed by atoms with Crippen LogP contribution in [0.3, 0.4) is 0 Å². The van der Waals surface area contributed by atoms with Crippen molar-refractivity contribution in [3.63, 3.8) is 0 Å². The highest BCUT2D eigenvalue weighted by atomic mass is 32.1. The van der Waals surface area contributed by atoms with Gasteiger partial charge in [-0.1, -0.05) is 0 Å². The lowest BCUT2D eigenvalue weighted by Crippen LogP contribution is -2.37. The van der Waals surface area contributed by atoms with Gasteiger partial charge in [0.25, 0.3) is 11.8 Å². The third-order valence-corrected chi connectivity index (χ3v) is 4.62. The van der Waals surface area contributed by atoms with Crippen LogP contribution < -0.4 is 5.43 Å². The Labute approximate surface area is 143 Å². The largest absolute Gasteiger partial charge is 0.456 e. The maximum absolute atomic E-state index is 12.6. The fourth-order valence-corrected chi connectivity index (χ4v) is 3.39. The highest BCUT2D eigenvalue weighted by Gasteiger charge is 2.25. The van der Waals surface area contributed by atoms with E-state index < -0.39 is 0 Å². The summed E-state index contributed by atoms with van der Waals surface area (Å²) in [5.74, 6) is 0.154. The number of amides is 2. The van der Waals surface area contributed by atoms with E-state index in [0.717, 1.165) is 0 Å². The zero-order chi connectivity index (χ0) is 17.1. The van der Waals surface area contributed by atoms with E-state index in [1.807, 2.05) is 16.8 Å². The normalized spacial score (nSPS) is 15.2. The first kappa shape index (κ1) is 16.4. The van der Waals surface area contributed by atoms with Crippen LogP contribution >= 0.6 is 11.3 Å². The van der Waals surface area contributed by atoms with Crippen molar-refractivity contribution in [2.24, 2.45) is 0 Å². The molecule has 7 heteroatoms. The van der Waals surface area contributed by atoms with Crippen molar-refractivity contribution in [2.45, 2.75) is 13.3 Å². The molecule has 24 heavy (non-hydrogen) atoms. The molecule has 126 valence electrons. The number of nitrogens with zero attached hydrogens (tertiary/aromatic N) is 2. The average Bonchev–Trinajstić information content (AvgIpc) is 2.97. The molecule has 1 fully saturated rings. The second kappa shape index (κ2) is 7.00. The van der Waals surface area contributed by atoms with Gasteiger partial charge in [-0.05, 0) is 24.8 Å². The number of rotatable bonds is 2. The fourth-order valence-electron chi connectivity index (χ4n) is 2.76. The summed E-state index contributed by atoms with van der Waals surface area (Å²) in [7, 11) is 0. The monoisotopic (exact) mass is 346 g/mol. The second-order valence-electron chi connectivity index (χ2n) is 5.72. The maximum Gasteiger partial charge on any atom is 0.289 e. The van der Waals surface area contributed by atoms with Crippen molar-refractivity contribution in [1.82, 2.24) is 9.80 Å². The third kappa shape index (κ3) is 3.56. The Morgan fingerprint density at radius 1 is 1.08 bits per heavy atom. The number of thiophene rings is 1. The Morgan fingerprint density at radius 2 is 1.79 bits per heavy atom. The second-order valence-corrected chi connectivity index (χ2v) is 6.50. The number of carbonyl (C=O) groups excluding carboxylic acids is 2. The number of hydrogen-bond acceptors (Lipinski definition) is 5. The number of hydrogen-bond donors (Lipinski definition) is 0.